The van der Waals surface area contributed by atoms with Crippen LogP contribution in [0.15, 0.2) is 53.0 Å². The van der Waals surface area contributed by atoms with Crippen molar-refractivity contribution in [1.82, 2.24) is 0 Å². The number of esters is 1. The van der Waals surface area contributed by atoms with Gasteiger partial charge in [0.25, 0.3) is 0 Å². The summed E-state index contributed by atoms with van der Waals surface area (Å²) in [4.78, 5) is 11.8. The molecular weight excluding hydrogens is 316 g/mol. The number of carbonyl (C=O) groups excluding carboxylic acids is 1. The quantitative estimate of drug-likeness (QED) is 0.742. The van der Waals surface area contributed by atoms with Gasteiger partial charge >= 0.3 is 5.97 Å². The molecule has 0 atom stereocenters. The first-order valence-electron chi connectivity index (χ1n) is 6.59. The monoisotopic (exact) mass is 332 g/mol. The summed E-state index contributed by atoms with van der Waals surface area (Å²) >= 11 is 3.42. The van der Waals surface area contributed by atoms with Crippen LogP contribution in [0.3, 0.4) is 0 Å². The molecule has 0 N–H and O–H groups in total. The van der Waals surface area contributed by atoms with Gasteiger partial charge in [0.05, 0.1) is 12.2 Å². The minimum absolute atomic E-state index is 0.263. The Morgan fingerprint density at radius 1 is 1.00 bits per heavy atom. The number of carbonyl (C=O) groups is 1. The van der Waals surface area contributed by atoms with E-state index < -0.39 is 0 Å². The molecule has 3 heteroatoms. The summed E-state index contributed by atoms with van der Waals surface area (Å²) in [6.45, 7) is 4.49. The van der Waals surface area contributed by atoms with Crippen LogP contribution in [0.2, 0.25) is 0 Å². The summed E-state index contributed by atoms with van der Waals surface area (Å²) in [5.41, 5.74) is 2.79. The van der Waals surface area contributed by atoms with Crippen LogP contribution in [0, 0.1) is 5.92 Å². The fraction of sp³-hybridized carbons (Fsp3) is 0.235. The van der Waals surface area contributed by atoms with Crippen LogP contribution in [-0.4, -0.2) is 12.6 Å². The lowest BCUT2D eigenvalue weighted by molar-refractivity contribution is 0.0459. The van der Waals surface area contributed by atoms with Crippen molar-refractivity contribution in [1.29, 1.82) is 0 Å². The lowest BCUT2D eigenvalue weighted by atomic mass is 10.0. The first-order chi connectivity index (χ1) is 9.56. The molecule has 20 heavy (non-hydrogen) atoms. The molecular formula is C17H17BrO2. The van der Waals surface area contributed by atoms with Crippen molar-refractivity contribution < 1.29 is 9.53 Å². The zero-order valence-corrected chi connectivity index (χ0v) is 13.2. The number of ether oxygens (including phenoxy) is 1. The van der Waals surface area contributed by atoms with Crippen LogP contribution in [0.5, 0.6) is 0 Å². The molecule has 0 heterocycles. The summed E-state index contributed by atoms with van der Waals surface area (Å²) < 4.78 is 6.26. The van der Waals surface area contributed by atoms with Crippen molar-refractivity contribution in [2.45, 2.75) is 13.8 Å². The molecule has 0 spiro atoms. The molecule has 2 nitrogen and oxygen atoms in total. The third kappa shape index (κ3) is 3.94. The molecule has 0 amide bonds. The van der Waals surface area contributed by atoms with Gasteiger partial charge < -0.3 is 4.74 Å². The molecule has 2 aromatic carbocycles. The van der Waals surface area contributed by atoms with Crippen LogP contribution in [-0.2, 0) is 4.74 Å². The highest BCUT2D eigenvalue weighted by atomic mass is 79.9. The van der Waals surface area contributed by atoms with Gasteiger partial charge in [-0.1, -0.05) is 54.0 Å². The van der Waals surface area contributed by atoms with Gasteiger partial charge in [-0.3, -0.25) is 0 Å². The van der Waals surface area contributed by atoms with Gasteiger partial charge in [-0.15, -0.1) is 0 Å². The van der Waals surface area contributed by atoms with E-state index in [0.717, 1.165) is 15.6 Å². The largest absolute Gasteiger partial charge is 0.462 e. The first-order valence-corrected chi connectivity index (χ1v) is 7.38. The first kappa shape index (κ1) is 14.8. The fourth-order valence-corrected chi connectivity index (χ4v) is 2.03. The molecule has 0 unspecified atom stereocenters. The van der Waals surface area contributed by atoms with Crippen molar-refractivity contribution in [3.8, 4) is 11.1 Å². The molecule has 0 saturated carbocycles. The average Bonchev–Trinajstić information content (AvgIpc) is 2.46. The average molecular weight is 333 g/mol. The third-order valence-corrected chi connectivity index (χ3v) is 3.37. The maximum Gasteiger partial charge on any atom is 0.338 e. The number of hydrogen-bond acceptors (Lipinski definition) is 2. The van der Waals surface area contributed by atoms with E-state index in [2.05, 4.69) is 15.9 Å². The van der Waals surface area contributed by atoms with Gasteiger partial charge in [-0.25, -0.2) is 4.79 Å². The number of benzene rings is 2. The smallest absolute Gasteiger partial charge is 0.338 e. The van der Waals surface area contributed by atoms with Crippen molar-refractivity contribution in [3.63, 3.8) is 0 Å². The Kier molecular flexibility index (Phi) is 4.96. The highest BCUT2D eigenvalue weighted by Gasteiger charge is 2.08. The molecule has 0 bridgehead atoms. The molecule has 0 aromatic heterocycles. The second-order valence-electron chi connectivity index (χ2n) is 5.08. The molecule has 0 radical (unpaired) electrons. The van der Waals surface area contributed by atoms with E-state index in [1.54, 1.807) is 12.1 Å². The minimum Gasteiger partial charge on any atom is -0.462 e. The minimum atomic E-state index is -0.263. The third-order valence-electron chi connectivity index (χ3n) is 2.85. The van der Waals surface area contributed by atoms with Gasteiger partial charge in [0.15, 0.2) is 0 Å². The maximum atomic E-state index is 11.8. The van der Waals surface area contributed by atoms with Crippen LogP contribution in [0.1, 0.15) is 24.2 Å². The van der Waals surface area contributed by atoms with Gasteiger partial charge in [-0.2, -0.15) is 0 Å². The molecule has 2 rings (SSSR count). The summed E-state index contributed by atoms with van der Waals surface area (Å²) in [5.74, 6) is 0.0852. The Hall–Kier alpha value is -1.61. The number of hydrogen-bond donors (Lipinski definition) is 0. The molecule has 0 aliphatic heterocycles. The highest BCUT2D eigenvalue weighted by molar-refractivity contribution is 9.10. The number of halogens is 1. The summed E-state index contributed by atoms with van der Waals surface area (Å²) in [7, 11) is 0. The second-order valence-corrected chi connectivity index (χ2v) is 5.99. The van der Waals surface area contributed by atoms with Crippen LogP contribution < -0.4 is 0 Å². The standard InChI is InChI=1S/C17H17BrO2/c1-12(2)11-20-17(19)15-5-3-13(4-6-15)14-7-9-16(18)10-8-14/h3-10,12H,11H2,1-2H3. The molecule has 0 aliphatic rings. The van der Waals surface area contributed by atoms with Crippen LogP contribution in [0.4, 0.5) is 0 Å². The molecule has 0 aliphatic carbocycles. The molecule has 104 valence electrons. The van der Waals surface area contributed by atoms with E-state index in [-0.39, 0.29) is 5.97 Å². The van der Waals surface area contributed by atoms with Crippen molar-refractivity contribution in [2.75, 3.05) is 6.61 Å². The summed E-state index contributed by atoms with van der Waals surface area (Å²) in [6.07, 6.45) is 0. The van der Waals surface area contributed by atoms with Gasteiger partial charge in [0, 0.05) is 4.47 Å². The predicted molar refractivity (Wildman–Crippen MR) is 84.7 cm³/mol. The predicted octanol–water partition coefficient (Wildman–Crippen LogP) is 4.93. The zero-order valence-electron chi connectivity index (χ0n) is 11.6. The van der Waals surface area contributed by atoms with Crippen LogP contribution >= 0.6 is 15.9 Å². The van der Waals surface area contributed by atoms with E-state index in [9.17, 15) is 4.79 Å². The Bertz CT molecular complexity index is 571. The van der Waals surface area contributed by atoms with E-state index in [1.807, 2.05) is 50.2 Å². The lowest BCUT2D eigenvalue weighted by Gasteiger charge is -2.08. The summed E-state index contributed by atoms with van der Waals surface area (Å²) in [6, 6.07) is 15.6. The van der Waals surface area contributed by atoms with Gasteiger partial charge in [0.1, 0.15) is 0 Å². The molecule has 2 aromatic rings. The highest BCUT2D eigenvalue weighted by Crippen LogP contribution is 2.22. The molecule has 0 saturated heterocycles. The van der Waals surface area contributed by atoms with Gasteiger partial charge in [-0.05, 0) is 41.3 Å². The molecule has 0 fully saturated rings. The summed E-state index contributed by atoms with van der Waals surface area (Å²) in [5, 5.41) is 0. The Morgan fingerprint density at radius 2 is 1.50 bits per heavy atom. The van der Waals surface area contributed by atoms with E-state index in [4.69, 9.17) is 4.74 Å². The lowest BCUT2D eigenvalue weighted by Crippen LogP contribution is -2.09. The Balaban J connectivity index is 2.10. The van der Waals surface area contributed by atoms with Crippen LogP contribution in [0.25, 0.3) is 11.1 Å². The maximum absolute atomic E-state index is 11.8. The topological polar surface area (TPSA) is 26.3 Å². The van der Waals surface area contributed by atoms with Crippen molar-refractivity contribution >= 4 is 21.9 Å². The van der Waals surface area contributed by atoms with Crippen molar-refractivity contribution in [3.05, 3.63) is 58.6 Å². The normalized spacial score (nSPS) is 10.6. The second kappa shape index (κ2) is 6.71. The fourth-order valence-electron chi connectivity index (χ4n) is 1.77. The SMILES string of the molecule is CC(C)COC(=O)c1ccc(-c2ccc(Br)cc2)cc1. The van der Waals surface area contributed by atoms with E-state index in [0.29, 0.717) is 18.1 Å². The zero-order chi connectivity index (χ0) is 14.5. The van der Waals surface area contributed by atoms with Gasteiger partial charge in [0.2, 0.25) is 0 Å². The Morgan fingerprint density at radius 3 is 2.00 bits per heavy atom. The van der Waals surface area contributed by atoms with E-state index in [1.165, 1.54) is 0 Å². The van der Waals surface area contributed by atoms with E-state index >= 15 is 0 Å². The van der Waals surface area contributed by atoms with Crippen molar-refractivity contribution in [2.24, 2.45) is 5.92 Å². The number of rotatable bonds is 4. The Labute approximate surface area is 127 Å².